The molecular formula is C16H17N3O4. The molecule has 2 aromatic carbocycles. The Hall–Kier alpha value is -3.09. The van der Waals surface area contributed by atoms with Crippen molar-refractivity contribution < 1.29 is 14.5 Å². The van der Waals surface area contributed by atoms with Crippen LogP contribution in [0.25, 0.3) is 0 Å². The summed E-state index contributed by atoms with van der Waals surface area (Å²) >= 11 is 0. The van der Waals surface area contributed by atoms with E-state index in [9.17, 15) is 14.9 Å². The lowest BCUT2D eigenvalue weighted by atomic mass is 10.1. The Bertz CT molecular complexity index is 686. The normalized spacial score (nSPS) is 9.96. The number of nitrogens with zero attached hydrogens (tertiary/aromatic N) is 1. The third-order valence-corrected chi connectivity index (χ3v) is 3.21. The van der Waals surface area contributed by atoms with Crippen molar-refractivity contribution in [1.29, 1.82) is 0 Å². The minimum Gasteiger partial charge on any atom is -0.496 e. The summed E-state index contributed by atoms with van der Waals surface area (Å²) < 4.78 is 5.25. The van der Waals surface area contributed by atoms with Crippen molar-refractivity contribution in [1.82, 2.24) is 5.32 Å². The highest BCUT2D eigenvalue weighted by Gasteiger charge is 2.07. The molecule has 0 aliphatic carbocycles. The Balaban J connectivity index is 1.82. The molecular weight excluding hydrogens is 298 g/mol. The van der Waals surface area contributed by atoms with E-state index in [4.69, 9.17) is 4.74 Å². The predicted octanol–water partition coefficient (Wildman–Crippen LogP) is 2.97. The first-order valence-electron chi connectivity index (χ1n) is 7.01. The van der Waals surface area contributed by atoms with Gasteiger partial charge in [-0.2, -0.15) is 0 Å². The summed E-state index contributed by atoms with van der Waals surface area (Å²) in [5, 5.41) is 15.9. The molecule has 0 saturated heterocycles. The second-order valence-corrected chi connectivity index (χ2v) is 4.75. The van der Waals surface area contributed by atoms with Gasteiger partial charge in [-0.15, -0.1) is 0 Å². The van der Waals surface area contributed by atoms with E-state index in [1.54, 1.807) is 7.11 Å². The van der Waals surface area contributed by atoms with Gasteiger partial charge in [0.2, 0.25) is 0 Å². The number of nitro benzene ring substituents is 1. The molecule has 0 heterocycles. The highest BCUT2D eigenvalue weighted by molar-refractivity contribution is 5.89. The van der Waals surface area contributed by atoms with Crippen molar-refractivity contribution in [3.8, 4) is 5.75 Å². The number of anilines is 1. The van der Waals surface area contributed by atoms with Crippen molar-refractivity contribution in [2.75, 3.05) is 19.0 Å². The first kappa shape index (κ1) is 16.3. The van der Waals surface area contributed by atoms with Gasteiger partial charge in [0.05, 0.1) is 12.0 Å². The van der Waals surface area contributed by atoms with Gasteiger partial charge in [0, 0.05) is 24.4 Å². The van der Waals surface area contributed by atoms with E-state index in [0.717, 1.165) is 11.3 Å². The van der Waals surface area contributed by atoms with Crippen LogP contribution in [0.3, 0.4) is 0 Å². The molecule has 0 radical (unpaired) electrons. The molecule has 2 rings (SSSR count). The Labute approximate surface area is 133 Å². The van der Waals surface area contributed by atoms with Gasteiger partial charge >= 0.3 is 6.03 Å². The van der Waals surface area contributed by atoms with Gasteiger partial charge in [-0.25, -0.2) is 4.79 Å². The smallest absolute Gasteiger partial charge is 0.319 e. The third kappa shape index (κ3) is 4.70. The summed E-state index contributed by atoms with van der Waals surface area (Å²) in [5.74, 6) is 0.782. The number of rotatable bonds is 6. The maximum absolute atomic E-state index is 11.8. The number of methoxy groups -OCH3 is 1. The first-order valence-corrected chi connectivity index (χ1v) is 7.01. The van der Waals surface area contributed by atoms with E-state index in [-0.39, 0.29) is 11.7 Å². The van der Waals surface area contributed by atoms with Gasteiger partial charge in [0.25, 0.3) is 5.69 Å². The number of nitro groups is 1. The van der Waals surface area contributed by atoms with Crippen LogP contribution in [0.4, 0.5) is 16.2 Å². The molecule has 0 spiro atoms. The van der Waals surface area contributed by atoms with Gasteiger partial charge in [0.1, 0.15) is 5.75 Å². The monoisotopic (exact) mass is 315 g/mol. The maximum Gasteiger partial charge on any atom is 0.319 e. The topological polar surface area (TPSA) is 93.5 Å². The average molecular weight is 315 g/mol. The third-order valence-electron chi connectivity index (χ3n) is 3.21. The minimum absolute atomic E-state index is 0.0212. The molecule has 0 bridgehead atoms. The van der Waals surface area contributed by atoms with Crippen LogP contribution in [-0.2, 0) is 6.42 Å². The molecule has 0 aromatic heterocycles. The van der Waals surface area contributed by atoms with Crippen molar-refractivity contribution in [2.45, 2.75) is 6.42 Å². The van der Waals surface area contributed by atoms with Crippen LogP contribution in [0.15, 0.2) is 48.5 Å². The lowest BCUT2D eigenvalue weighted by Gasteiger charge is -2.10. The second-order valence-electron chi connectivity index (χ2n) is 4.75. The molecule has 0 aliphatic heterocycles. The zero-order valence-electron chi connectivity index (χ0n) is 12.6. The highest BCUT2D eigenvalue weighted by atomic mass is 16.6. The van der Waals surface area contributed by atoms with Crippen LogP contribution in [0.2, 0.25) is 0 Å². The summed E-state index contributed by atoms with van der Waals surface area (Å²) in [6.07, 6.45) is 0.637. The summed E-state index contributed by atoms with van der Waals surface area (Å²) in [7, 11) is 1.60. The number of carbonyl (C=O) groups excluding carboxylic acids is 1. The zero-order valence-corrected chi connectivity index (χ0v) is 12.6. The number of nitrogens with one attached hydrogen (secondary N) is 2. The Morgan fingerprint density at radius 3 is 2.52 bits per heavy atom. The number of para-hydroxylation sites is 1. The molecule has 7 heteroatoms. The van der Waals surface area contributed by atoms with E-state index in [2.05, 4.69) is 10.6 Å². The van der Waals surface area contributed by atoms with E-state index < -0.39 is 4.92 Å². The van der Waals surface area contributed by atoms with Crippen LogP contribution >= 0.6 is 0 Å². The van der Waals surface area contributed by atoms with Crippen LogP contribution in [0, 0.1) is 10.1 Å². The molecule has 2 amide bonds. The lowest BCUT2D eigenvalue weighted by molar-refractivity contribution is -0.384. The number of ether oxygens (including phenoxy) is 1. The first-order chi connectivity index (χ1) is 11.1. The van der Waals surface area contributed by atoms with Crippen LogP contribution in [0.5, 0.6) is 5.75 Å². The minimum atomic E-state index is -0.489. The standard InChI is InChI=1S/C16H17N3O4/c1-23-15-5-3-2-4-12(15)10-11-17-16(20)18-13-6-8-14(9-7-13)19(21)22/h2-9H,10-11H2,1H3,(H2,17,18,20). The van der Waals surface area contributed by atoms with E-state index in [1.807, 2.05) is 24.3 Å². The van der Waals surface area contributed by atoms with Gasteiger partial charge < -0.3 is 15.4 Å². The number of carbonyl (C=O) groups is 1. The Morgan fingerprint density at radius 2 is 1.87 bits per heavy atom. The van der Waals surface area contributed by atoms with Crippen molar-refractivity contribution in [2.24, 2.45) is 0 Å². The molecule has 120 valence electrons. The SMILES string of the molecule is COc1ccccc1CCNC(=O)Nc1ccc([N+](=O)[O-])cc1. The fraction of sp³-hybridized carbons (Fsp3) is 0.188. The summed E-state index contributed by atoms with van der Waals surface area (Å²) in [6, 6.07) is 12.9. The number of hydrogen-bond acceptors (Lipinski definition) is 4. The number of urea groups is 1. The molecule has 2 N–H and O–H groups in total. The molecule has 0 aliphatic rings. The van der Waals surface area contributed by atoms with E-state index in [0.29, 0.717) is 18.7 Å². The van der Waals surface area contributed by atoms with Gasteiger partial charge in [-0.1, -0.05) is 18.2 Å². The summed E-state index contributed by atoms with van der Waals surface area (Å²) in [5.41, 5.74) is 1.48. The van der Waals surface area contributed by atoms with Gasteiger partial charge in [-0.05, 0) is 30.2 Å². The summed E-state index contributed by atoms with van der Waals surface area (Å²) in [6.45, 7) is 0.444. The average Bonchev–Trinajstić information content (AvgIpc) is 2.55. The van der Waals surface area contributed by atoms with Crippen molar-refractivity contribution >= 4 is 17.4 Å². The van der Waals surface area contributed by atoms with Gasteiger partial charge in [-0.3, -0.25) is 10.1 Å². The second kappa shape index (κ2) is 7.79. The zero-order chi connectivity index (χ0) is 16.7. The Morgan fingerprint density at radius 1 is 1.17 bits per heavy atom. The van der Waals surface area contributed by atoms with Crippen LogP contribution < -0.4 is 15.4 Å². The largest absolute Gasteiger partial charge is 0.496 e. The molecule has 2 aromatic rings. The molecule has 0 saturated carbocycles. The molecule has 7 nitrogen and oxygen atoms in total. The lowest BCUT2D eigenvalue weighted by Crippen LogP contribution is -2.30. The number of hydrogen-bond donors (Lipinski definition) is 2. The predicted molar refractivity (Wildman–Crippen MR) is 86.8 cm³/mol. The van der Waals surface area contributed by atoms with Gasteiger partial charge in [0.15, 0.2) is 0 Å². The molecule has 0 unspecified atom stereocenters. The fourth-order valence-corrected chi connectivity index (χ4v) is 2.06. The number of non-ortho nitro benzene ring substituents is 1. The fourth-order valence-electron chi connectivity index (χ4n) is 2.06. The molecule has 0 fully saturated rings. The quantitative estimate of drug-likeness (QED) is 0.633. The van der Waals surface area contributed by atoms with E-state index >= 15 is 0 Å². The molecule has 23 heavy (non-hydrogen) atoms. The number of benzene rings is 2. The highest BCUT2D eigenvalue weighted by Crippen LogP contribution is 2.17. The Kier molecular flexibility index (Phi) is 5.51. The number of amides is 2. The summed E-state index contributed by atoms with van der Waals surface area (Å²) in [4.78, 5) is 21.9. The molecule has 0 atom stereocenters. The van der Waals surface area contributed by atoms with Crippen molar-refractivity contribution in [3.63, 3.8) is 0 Å². The maximum atomic E-state index is 11.8. The van der Waals surface area contributed by atoms with Crippen molar-refractivity contribution in [3.05, 3.63) is 64.2 Å². The van der Waals surface area contributed by atoms with E-state index in [1.165, 1.54) is 24.3 Å². The van der Waals surface area contributed by atoms with Crippen LogP contribution in [-0.4, -0.2) is 24.6 Å². The van der Waals surface area contributed by atoms with Crippen LogP contribution in [0.1, 0.15) is 5.56 Å².